The van der Waals surface area contributed by atoms with Crippen molar-refractivity contribution in [2.24, 2.45) is 23.2 Å². The number of hydrogen-bond acceptors (Lipinski definition) is 2. The molecule has 0 aliphatic heterocycles. The third-order valence-corrected chi connectivity index (χ3v) is 8.90. The SMILES string of the molecule is CC(Nc1ccc2ccccc2c1NC(=O)c1ccc(Cl)cc1)C12CC3CC(CC(C3)C1)C2. The van der Waals surface area contributed by atoms with E-state index in [9.17, 15) is 4.79 Å². The first-order valence-electron chi connectivity index (χ1n) is 12.3. The van der Waals surface area contributed by atoms with Crippen LogP contribution in [0.4, 0.5) is 11.4 Å². The first-order chi connectivity index (χ1) is 16.0. The number of halogens is 1. The normalized spacial score (nSPS) is 28.6. The molecule has 1 atom stereocenters. The zero-order chi connectivity index (χ0) is 22.6. The summed E-state index contributed by atoms with van der Waals surface area (Å²) in [5.41, 5.74) is 2.87. The summed E-state index contributed by atoms with van der Waals surface area (Å²) in [6, 6.07) is 20.0. The smallest absolute Gasteiger partial charge is 0.255 e. The Bertz CT molecular complexity index is 1170. The number of anilines is 2. The molecule has 3 aromatic rings. The minimum Gasteiger partial charge on any atom is -0.380 e. The second-order valence-electron chi connectivity index (χ2n) is 10.8. The average molecular weight is 459 g/mol. The van der Waals surface area contributed by atoms with Crippen LogP contribution in [0.15, 0.2) is 60.7 Å². The van der Waals surface area contributed by atoms with Gasteiger partial charge >= 0.3 is 0 Å². The first-order valence-corrected chi connectivity index (χ1v) is 12.7. The largest absolute Gasteiger partial charge is 0.380 e. The molecule has 33 heavy (non-hydrogen) atoms. The Morgan fingerprint density at radius 1 is 0.909 bits per heavy atom. The van der Waals surface area contributed by atoms with Crippen LogP contribution in [0.3, 0.4) is 0 Å². The van der Waals surface area contributed by atoms with E-state index in [2.05, 4.69) is 41.8 Å². The third-order valence-electron chi connectivity index (χ3n) is 8.65. The third kappa shape index (κ3) is 3.81. The predicted octanol–water partition coefficient (Wildman–Crippen LogP) is 7.76. The quantitative estimate of drug-likeness (QED) is 0.410. The fourth-order valence-electron chi connectivity index (χ4n) is 7.41. The van der Waals surface area contributed by atoms with E-state index < -0.39 is 0 Å². The van der Waals surface area contributed by atoms with Crippen LogP contribution in [0.1, 0.15) is 55.8 Å². The summed E-state index contributed by atoms with van der Waals surface area (Å²) in [5.74, 6) is 2.64. The lowest BCUT2D eigenvalue weighted by atomic mass is 9.48. The lowest BCUT2D eigenvalue weighted by Gasteiger charge is -2.59. The van der Waals surface area contributed by atoms with E-state index in [0.717, 1.165) is 39.9 Å². The number of hydrogen-bond donors (Lipinski definition) is 2. The number of carbonyl (C=O) groups excluding carboxylic acids is 1. The molecule has 0 saturated heterocycles. The minimum absolute atomic E-state index is 0.117. The van der Waals surface area contributed by atoms with Gasteiger partial charge in [-0.25, -0.2) is 0 Å². The molecule has 3 nitrogen and oxygen atoms in total. The van der Waals surface area contributed by atoms with Crippen LogP contribution in [0.25, 0.3) is 10.8 Å². The van der Waals surface area contributed by atoms with E-state index >= 15 is 0 Å². The summed E-state index contributed by atoms with van der Waals surface area (Å²) in [7, 11) is 0. The second kappa shape index (κ2) is 8.06. The van der Waals surface area contributed by atoms with Gasteiger partial charge in [-0.05, 0) is 104 Å². The molecule has 0 aromatic heterocycles. The van der Waals surface area contributed by atoms with Crippen LogP contribution < -0.4 is 10.6 Å². The van der Waals surface area contributed by atoms with Gasteiger partial charge in [0.15, 0.2) is 0 Å². The number of benzene rings is 3. The van der Waals surface area contributed by atoms with Crippen LogP contribution in [0, 0.1) is 23.2 Å². The van der Waals surface area contributed by atoms with Crippen LogP contribution in [0.5, 0.6) is 0 Å². The van der Waals surface area contributed by atoms with Crippen LogP contribution in [-0.2, 0) is 0 Å². The molecule has 0 heterocycles. The molecule has 0 spiro atoms. The fraction of sp³-hybridized carbons (Fsp3) is 0.414. The Kier molecular flexibility index (Phi) is 5.14. The first kappa shape index (κ1) is 21.0. The molecule has 3 aromatic carbocycles. The molecule has 7 rings (SSSR count). The Balaban J connectivity index is 1.33. The van der Waals surface area contributed by atoms with Gasteiger partial charge in [0.2, 0.25) is 0 Å². The summed E-state index contributed by atoms with van der Waals surface area (Å²) < 4.78 is 0. The van der Waals surface area contributed by atoms with E-state index in [0.29, 0.717) is 22.0 Å². The van der Waals surface area contributed by atoms with E-state index in [-0.39, 0.29) is 5.91 Å². The lowest BCUT2D eigenvalue weighted by molar-refractivity contribution is -0.0602. The van der Waals surface area contributed by atoms with Crippen molar-refractivity contribution in [1.29, 1.82) is 0 Å². The van der Waals surface area contributed by atoms with Crippen molar-refractivity contribution in [2.75, 3.05) is 10.6 Å². The van der Waals surface area contributed by atoms with Crippen LogP contribution in [0.2, 0.25) is 5.02 Å². The Hall–Kier alpha value is -2.52. The van der Waals surface area contributed by atoms with Gasteiger partial charge in [-0.15, -0.1) is 0 Å². The fourth-order valence-corrected chi connectivity index (χ4v) is 7.53. The van der Waals surface area contributed by atoms with Gasteiger partial charge in [-0.2, -0.15) is 0 Å². The Morgan fingerprint density at radius 3 is 2.21 bits per heavy atom. The molecule has 4 aliphatic carbocycles. The summed E-state index contributed by atoms with van der Waals surface area (Å²) in [6.45, 7) is 2.37. The summed E-state index contributed by atoms with van der Waals surface area (Å²) >= 11 is 6.02. The number of nitrogens with one attached hydrogen (secondary N) is 2. The van der Waals surface area contributed by atoms with Gasteiger partial charge in [0.1, 0.15) is 0 Å². The van der Waals surface area contributed by atoms with Gasteiger partial charge < -0.3 is 10.6 Å². The van der Waals surface area contributed by atoms with Crippen molar-refractivity contribution in [3.63, 3.8) is 0 Å². The average Bonchev–Trinajstić information content (AvgIpc) is 2.80. The maximum atomic E-state index is 13.1. The maximum absolute atomic E-state index is 13.1. The van der Waals surface area contributed by atoms with Gasteiger partial charge in [0, 0.05) is 22.0 Å². The number of rotatable bonds is 5. The van der Waals surface area contributed by atoms with Gasteiger partial charge in [-0.1, -0.05) is 41.9 Å². The molecule has 0 radical (unpaired) electrons. The summed E-state index contributed by atoms with van der Waals surface area (Å²) in [4.78, 5) is 13.1. The minimum atomic E-state index is -0.117. The molecule has 1 unspecified atom stereocenters. The highest BCUT2D eigenvalue weighted by Crippen LogP contribution is 2.61. The molecule has 4 saturated carbocycles. The monoisotopic (exact) mass is 458 g/mol. The topological polar surface area (TPSA) is 41.1 Å². The molecular formula is C29H31ClN2O. The highest BCUT2D eigenvalue weighted by atomic mass is 35.5. The maximum Gasteiger partial charge on any atom is 0.255 e. The number of carbonyl (C=O) groups is 1. The molecule has 4 aliphatic rings. The summed E-state index contributed by atoms with van der Waals surface area (Å²) in [6.07, 6.45) is 8.41. The molecule has 4 bridgehead atoms. The van der Waals surface area contributed by atoms with Crippen molar-refractivity contribution in [3.8, 4) is 0 Å². The second-order valence-corrected chi connectivity index (χ2v) is 11.3. The van der Waals surface area contributed by atoms with Crippen LogP contribution >= 0.6 is 11.6 Å². The highest BCUT2D eigenvalue weighted by molar-refractivity contribution is 6.30. The zero-order valence-corrected chi connectivity index (χ0v) is 19.9. The molecule has 170 valence electrons. The van der Waals surface area contributed by atoms with Crippen LogP contribution in [-0.4, -0.2) is 11.9 Å². The standard InChI is InChI=1S/C29H31ClN2O/c1-18(29-15-19-12-20(16-29)14-21(13-19)17-29)31-26-11-8-22-4-2-3-5-25(22)27(26)32-28(33)23-6-9-24(30)10-7-23/h2-11,18-21,31H,12-17H2,1H3,(H,32,33). The van der Waals surface area contributed by atoms with Crippen molar-refractivity contribution < 1.29 is 4.79 Å². The van der Waals surface area contributed by atoms with Crippen molar-refractivity contribution in [3.05, 3.63) is 71.2 Å². The van der Waals surface area contributed by atoms with Crippen molar-refractivity contribution in [1.82, 2.24) is 0 Å². The van der Waals surface area contributed by atoms with Crippen molar-refractivity contribution >= 4 is 39.7 Å². The molecule has 2 N–H and O–H groups in total. The molecule has 4 heteroatoms. The predicted molar refractivity (Wildman–Crippen MR) is 137 cm³/mol. The van der Waals surface area contributed by atoms with E-state index in [1.54, 1.807) is 24.3 Å². The number of amides is 1. The highest BCUT2D eigenvalue weighted by Gasteiger charge is 2.53. The van der Waals surface area contributed by atoms with E-state index in [4.69, 9.17) is 11.6 Å². The summed E-state index contributed by atoms with van der Waals surface area (Å²) in [5, 5.41) is 9.92. The zero-order valence-electron chi connectivity index (χ0n) is 19.1. The van der Waals surface area contributed by atoms with E-state index in [1.165, 1.54) is 38.5 Å². The molecular weight excluding hydrogens is 428 g/mol. The van der Waals surface area contributed by atoms with Gasteiger partial charge in [0.05, 0.1) is 11.4 Å². The lowest BCUT2D eigenvalue weighted by Crippen LogP contribution is -2.52. The Morgan fingerprint density at radius 2 is 1.55 bits per heavy atom. The van der Waals surface area contributed by atoms with Gasteiger partial charge in [0.25, 0.3) is 5.91 Å². The molecule has 4 fully saturated rings. The molecule has 1 amide bonds. The van der Waals surface area contributed by atoms with Crippen molar-refractivity contribution in [2.45, 2.75) is 51.5 Å². The Labute approximate surface area is 200 Å². The van der Waals surface area contributed by atoms with Gasteiger partial charge in [-0.3, -0.25) is 4.79 Å². The number of fused-ring (bicyclic) bond motifs is 1. The van der Waals surface area contributed by atoms with E-state index in [1.807, 2.05) is 12.1 Å².